The van der Waals surface area contributed by atoms with Gasteiger partial charge >= 0.3 is 5.97 Å². The number of benzene rings is 2. The topological polar surface area (TPSA) is 84.5 Å². The molecule has 0 heterocycles. The molecule has 2 aromatic carbocycles. The minimum atomic E-state index is -0.598. The molecule has 6 nitrogen and oxygen atoms in total. The van der Waals surface area contributed by atoms with Crippen LogP contribution in [0.25, 0.3) is 0 Å². The molecule has 0 atom stereocenters. The van der Waals surface area contributed by atoms with Gasteiger partial charge < -0.3 is 15.4 Å². The first-order valence-electron chi connectivity index (χ1n) is 8.83. The lowest BCUT2D eigenvalue weighted by atomic mass is 10.1. The van der Waals surface area contributed by atoms with Crippen molar-refractivity contribution in [3.8, 4) is 0 Å². The maximum atomic E-state index is 12.0. The molecule has 2 N–H and O–H groups in total. The van der Waals surface area contributed by atoms with Gasteiger partial charge in [-0.05, 0) is 61.7 Å². The maximum Gasteiger partial charge on any atom is 0.306 e. The fourth-order valence-electron chi connectivity index (χ4n) is 2.47. The van der Waals surface area contributed by atoms with Crippen LogP contribution in [0, 0.1) is 20.8 Å². The smallest absolute Gasteiger partial charge is 0.306 e. The SMILES string of the molecule is Cc1ccc(C)c(NC(=O)CCC(=O)OCC(=O)Nc2ccc(Br)cc2C)c1. The summed E-state index contributed by atoms with van der Waals surface area (Å²) < 4.78 is 5.85. The summed E-state index contributed by atoms with van der Waals surface area (Å²) in [6.45, 7) is 5.30. The first-order chi connectivity index (χ1) is 13.2. The second-order valence-corrected chi connectivity index (χ2v) is 7.45. The largest absolute Gasteiger partial charge is 0.456 e. The molecule has 28 heavy (non-hydrogen) atoms. The monoisotopic (exact) mass is 446 g/mol. The van der Waals surface area contributed by atoms with E-state index in [-0.39, 0.29) is 18.7 Å². The van der Waals surface area contributed by atoms with Crippen LogP contribution in [0.2, 0.25) is 0 Å². The number of amides is 2. The number of esters is 1. The van der Waals surface area contributed by atoms with Crippen LogP contribution >= 0.6 is 15.9 Å². The van der Waals surface area contributed by atoms with Gasteiger partial charge in [-0.3, -0.25) is 14.4 Å². The Morgan fingerprint density at radius 3 is 2.29 bits per heavy atom. The summed E-state index contributed by atoms with van der Waals surface area (Å²) in [7, 11) is 0. The fraction of sp³-hybridized carbons (Fsp3) is 0.286. The zero-order chi connectivity index (χ0) is 20.7. The Kier molecular flexibility index (Phi) is 7.75. The van der Waals surface area contributed by atoms with Gasteiger partial charge in [0.2, 0.25) is 5.91 Å². The van der Waals surface area contributed by atoms with Gasteiger partial charge in [-0.2, -0.15) is 0 Å². The quantitative estimate of drug-likeness (QED) is 0.621. The van der Waals surface area contributed by atoms with Gasteiger partial charge in [0, 0.05) is 22.3 Å². The Morgan fingerprint density at radius 1 is 0.857 bits per heavy atom. The Morgan fingerprint density at radius 2 is 1.57 bits per heavy atom. The van der Waals surface area contributed by atoms with Crippen molar-refractivity contribution in [2.75, 3.05) is 17.2 Å². The second kappa shape index (κ2) is 10.0. The van der Waals surface area contributed by atoms with E-state index in [4.69, 9.17) is 4.74 Å². The van der Waals surface area contributed by atoms with Crippen LogP contribution in [0.3, 0.4) is 0 Å². The third-order valence-electron chi connectivity index (χ3n) is 4.05. The molecule has 7 heteroatoms. The van der Waals surface area contributed by atoms with E-state index in [0.29, 0.717) is 5.69 Å². The van der Waals surface area contributed by atoms with Gasteiger partial charge in [0.15, 0.2) is 6.61 Å². The summed E-state index contributed by atoms with van der Waals surface area (Å²) in [5, 5.41) is 5.47. The first-order valence-corrected chi connectivity index (χ1v) is 9.62. The summed E-state index contributed by atoms with van der Waals surface area (Å²) >= 11 is 3.35. The van der Waals surface area contributed by atoms with Gasteiger partial charge in [0.05, 0.1) is 6.42 Å². The zero-order valence-electron chi connectivity index (χ0n) is 16.1. The van der Waals surface area contributed by atoms with Gasteiger partial charge in [-0.1, -0.05) is 28.1 Å². The number of carbonyl (C=O) groups is 3. The molecule has 0 aliphatic rings. The van der Waals surface area contributed by atoms with E-state index in [2.05, 4.69) is 26.6 Å². The molecule has 2 aromatic rings. The van der Waals surface area contributed by atoms with E-state index in [9.17, 15) is 14.4 Å². The molecule has 148 valence electrons. The highest BCUT2D eigenvalue weighted by Crippen LogP contribution is 2.20. The van der Waals surface area contributed by atoms with E-state index in [0.717, 1.165) is 26.9 Å². The molecule has 0 fully saturated rings. The third kappa shape index (κ3) is 6.81. The average Bonchev–Trinajstić information content (AvgIpc) is 2.63. The molecular formula is C21H23BrN2O4. The molecule has 2 amide bonds. The fourth-order valence-corrected chi connectivity index (χ4v) is 2.95. The highest BCUT2D eigenvalue weighted by Gasteiger charge is 2.12. The molecule has 0 aliphatic heterocycles. The van der Waals surface area contributed by atoms with Crippen LogP contribution in [0.5, 0.6) is 0 Å². The summed E-state index contributed by atoms with van der Waals surface area (Å²) in [4.78, 5) is 35.7. The number of hydrogen-bond donors (Lipinski definition) is 2. The normalized spacial score (nSPS) is 10.3. The maximum absolute atomic E-state index is 12.0. The number of rotatable bonds is 7. The Balaban J connectivity index is 1.74. The number of hydrogen-bond acceptors (Lipinski definition) is 4. The van der Waals surface area contributed by atoms with E-state index >= 15 is 0 Å². The lowest BCUT2D eigenvalue weighted by Gasteiger charge is -2.10. The lowest BCUT2D eigenvalue weighted by Crippen LogP contribution is -2.22. The van der Waals surface area contributed by atoms with Crippen molar-refractivity contribution in [1.29, 1.82) is 0 Å². The van der Waals surface area contributed by atoms with Crippen molar-refractivity contribution < 1.29 is 19.1 Å². The summed E-state index contributed by atoms with van der Waals surface area (Å²) in [6, 6.07) is 11.2. The predicted octanol–water partition coefficient (Wildman–Crippen LogP) is 4.27. The van der Waals surface area contributed by atoms with Gasteiger partial charge in [0.25, 0.3) is 5.91 Å². The molecule has 0 radical (unpaired) electrons. The van der Waals surface area contributed by atoms with Gasteiger partial charge in [0.1, 0.15) is 0 Å². The van der Waals surface area contributed by atoms with Crippen molar-refractivity contribution in [1.82, 2.24) is 0 Å². The van der Waals surface area contributed by atoms with E-state index in [1.54, 1.807) is 6.07 Å². The van der Waals surface area contributed by atoms with Crippen molar-refractivity contribution >= 4 is 45.1 Å². The minimum absolute atomic E-state index is 0.0142. The van der Waals surface area contributed by atoms with Crippen LogP contribution in [0.1, 0.15) is 29.5 Å². The van der Waals surface area contributed by atoms with Crippen molar-refractivity contribution in [3.63, 3.8) is 0 Å². The Hall–Kier alpha value is -2.67. The molecular weight excluding hydrogens is 424 g/mol. The molecule has 0 bridgehead atoms. The van der Waals surface area contributed by atoms with Gasteiger partial charge in [-0.25, -0.2) is 0 Å². The van der Waals surface area contributed by atoms with Crippen molar-refractivity contribution in [2.45, 2.75) is 33.6 Å². The van der Waals surface area contributed by atoms with Gasteiger partial charge in [-0.15, -0.1) is 0 Å². The first kappa shape index (κ1) is 21.6. The van der Waals surface area contributed by atoms with Crippen LogP contribution in [-0.4, -0.2) is 24.4 Å². The number of ether oxygens (including phenoxy) is 1. The zero-order valence-corrected chi connectivity index (χ0v) is 17.7. The molecule has 0 spiro atoms. The van der Waals surface area contributed by atoms with E-state index < -0.39 is 18.5 Å². The molecule has 0 aliphatic carbocycles. The summed E-state index contributed by atoms with van der Waals surface area (Å²) in [5.74, 6) is -1.31. The highest BCUT2D eigenvalue weighted by atomic mass is 79.9. The second-order valence-electron chi connectivity index (χ2n) is 6.53. The molecule has 0 unspecified atom stereocenters. The molecule has 2 rings (SSSR count). The summed E-state index contributed by atoms with van der Waals surface area (Å²) in [5.41, 5.74) is 4.24. The Labute approximate surface area is 172 Å². The minimum Gasteiger partial charge on any atom is -0.456 e. The number of anilines is 2. The average molecular weight is 447 g/mol. The Bertz CT molecular complexity index is 896. The van der Waals surface area contributed by atoms with Crippen molar-refractivity contribution in [3.05, 3.63) is 57.6 Å². The van der Waals surface area contributed by atoms with E-state index in [1.807, 2.05) is 51.1 Å². The predicted molar refractivity (Wildman–Crippen MR) is 112 cm³/mol. The number of halogens is 1. The van der Waals surface area contributed by atoms with Crippen LogP contribution < -0.4 is 10.6 Å². The van der Waals surface area contributed by atoms with Crippen LogP contribution in [-0.2, 0) is 19.1 Å². The molecule has 0 aromatic heterocycles. The summed E-state index contributed by atoms with van der Waals surface area (Å²) in [6.07, 6.45) is -0.110. The van der Waals surface area contributed by atoms with Crippen LogP contribution in [0.4, 0.5) is 11.4 Å². The van der Waals surface area contributed by atoms with Crippen molar-refractivity contribution in [2.24, 2.45) is 0 Å². The number of aryl methyl sites for hydroxylation is 3. The number of nitrogens with one attached hydrogen (secondary N) is 2. The molecule has 0 saturated carbocycles. The van der Waals surface area contributed by atoms with E-state index in [1.165, 1.54) is 0 Å². The third-order valence-corrected chi connectivity index (χ3v) is 4.54. The number of carbonyl (C=O) groups excluding carboxylic acids is 3. The highest BCUT2D eigenvalue weighted by molar-refractivity contribution is 9.10. The molecule has 0 saturated heterocycles. The lowest BCUT2D eigenvalue weighted by molar-refractivity contribution is -0.147. The van der Waals surface area contributed by atoms with Crippen LogP contribution in [0.15, 0.2) is 40.9 Å². The standard InChI is InChI=1S/C21H23BrN2O4/c1-13-4-5-14(2)18(10-13)24-19(25)8-9-21(27)28-12-20(26)23-17-7-6-16(22)11-15(17)3/h4-7,10-11H,8-9,12H2,1-3H3,(H,23,26)(H,24,25).